The van der Waals surface area contributed by atoms with Crippen LogP contribution in [0.15, 0.2) is 29.3 Å². The van der Waals surface area contributed by atoms with Crippen molar-refractivity contribution in [2.75, 3.05) is 36.5 Å². The van der Waals surface area contributed by atoms with E-state index in [-0.39, 0.29) is 23.2 Å². The van der Waals surface area contributed by atoms with E-state index >= 15 is 0 Å². The summed E-state index contributed by atoms with van der Waals surface area (Å²) in [5, 5.41) is 8.79. The van der Waals surface area contributed by atoms with Crippen molar-refractivity contribution in [2.45, 2.75) is 32.2 Å². The first-order valence-corrected chi connectivity index (χ1v) is 12.2. The molecule has 1 amide bonds. The van der Waals surface area contributed by atoms with Crippen LogP contribution < -0.4 is 21.7 Å². The number of nitrogens with one attached hydrogen (secondary N) is 1. The first-order chi connectivity index (χ1) is 17.3. The molecule has 2 aliphatic rings. The summed E-state index contributed by atoms with van der Waals surface area (Å²) >= 11 is 0. The van der Waals surface area contributed by atoms with Gasteiger partial charge in [-0.2, -0.15) is 5.10 Å². The number of morpholine rings is 1. The highest BCUT2D eigenvalue weighted by Crippen LogP contribution is 2.35. The number of rotatable bonds is 8. The molecule has 10 nitrogen and oxygen atoms in total. The van der Waals surface area contributed by atoms with Crippen LogP contribution in [0.2, 0.25) is 0 Å². The minimum Gasteiger partial charge on any atom is -0.378 e. The average molecular weight is 495 g/mol. The van der Waals surface area contributed by atoms with Crippen molar-refractivity contribution in [3.8, 4) is 0 Å². The molecule has 5 rings (SSSR count). The number of carbonyl (C=O) groups excluding carboxylic acids is 1. The van der Waals surface area contributed by atoms with Gasteiger partial charge in [-0.05, 0) is 56.4 Å². The summed E-state index contributed by atoms with van der Waals surface area (Å²) < 4.78 is 22.2. The average Bonchev–Trinajstić information content (AvgIpc) is 3.62. The molecule has 1 aromatic carbocycles. The molecule has 2 aromatic heterocycles. The lowest BCUT2D eigenvalue weighted by atomic mass is 10.1. The maximum Gasteiger partial charge on any atom is 0.252 e. The fourth-order valence-corrected chi connectivity index (χ4v) is 4.40. The van der Waals surface area contributed by atoms with E-state index in [9.17, 15) is 9.18 Å². The predicted octanol–water partition coefficient (Wildman–Crippen LogP) is 3.01. The molecule has 3 aromatic rings. The number of fused-ring (bicyclic) bond motifs is 1. The smallest absolute Gasteiger partial charge is 0.252 e. The molecule has 1 saturated carbocycles. The Kier molecular flexibility index (Phi) is 6.59. The molecule has 0 bridgehead atoms. The second kappa shape index (κ2) is 9.82. The van der Waals surface area contributed by atoms with Gasteiger partial charge in [0.2, 0.25) is 0 Å². The number of primary amides is 1. The maximum atomic E-state index is 14.9. The van der Waals surface area contributed by atoms with E-state index in [4.69, 9.17) is 21.3 Å². The maximum absolute atomic E-state index is 14.9. The predicted molar refractivity (Wildman–Crippen MR) is 138 cm³/mol. The zero-order chi connectivity index (χ0) is 25.4. The van der Waals surface area contributed by atoms with Gasteiger partial charge in [-0.1, -0.05) is 0 Å². The molecule has 1 saturated heterocycles. The van der Waals surface area contributed by atoms with Crippen molar-refractivity contribution in [2.24, 2.45) is 29.4 Å². The highest BCUT2D eigenvalue weighted by molar-refractivity contribution is 6.00. The van der Waals surface area contributed by atoms with E-state index in [0.717, 1.165) is 48.7 Å². The van der Waals surface area contributed by atoms with Gasteiger partial charge in [-0.25, -0.2) is 14.4 Å². The van der Waals surface area contributed by atoms with Crippen molar-refractivity contribution in [1.29, 1.82) is 0 Å². The Labute approximate surface area is 208 Å². The summed E-state index contributed by atoms with van der Waals surface area (Å²) in [6.07, 6.45) is 2.96. The van der Waals surface area contributed by atoms with Crippen molar-refractivity contribution < 1.29 is 13.9 Å². The lowest BCUT2D eigenvalue weighted by Gasteiger charge is -2.27. The number of halogens is 1. The molecule has 1 unspecified atom stereocenters. The molecule has 3 heterocycles. The molecule has 2 fully saturated rings. The lowest BCUT2D eigenvalue weighted by Crippen LogP contribution is -2.36. The molecule has 0 radical (unpaired) electrons. The third kappa shape index (κ3) is 5.02. The minimum absolute atomic E-state index is 0.0596. The first kappa shape index (κ1) is 24.1. The van der Waals surface area contributed by atoms with Gasteiger partial charge in [0.15, 0.2) is 17.5 Å². The number of aromatic nitrogens is 3. The summed E-state index contributed by atoms with van der Waals surface area (Å²) in [6, 6.07) is 6.48. The van der Waals surface area contributed by atoms with Crippen LogP contribution in [0.3, 0.4) is 0 Å². The Bertz CT molecular complexity index is 1330. The topological polar surface area (TPSA) is 137 Å². The second-order valence-corrected chi connectivity index (χ2v) is 9.50. The van der Waals surface area contributed by atoms with Crippen molar-refractivity contribution in [3.05, 3.63) is 35.6 Å². The van der Waals surface area contributed by atoms with Crippen LogP contribution in [0.4, 0.5) is 27.5 Å². The number of anilines is 3. The number of carbonyl (C=O) groups is 1. The van der Waals surface area contributed by atoms with Crippen LogP contribution >= 0.6 is 0 Å². The van der Waals surface area contributed by atoms with Crippen LogP contribution in [0.5, 0.6) is 0 Å². The van der Waals surface area contributed by atoms with Crippen molar-refractivity contribution in [1.82, 2.24) is 14.8 Å². The van der Waals surface area contributed by atoms with Gasteiger partial charge in [-0.15, -0.1) is 0 Å². The number of hydrogen-bond acceptors (Lipinski definition) is 8. The van der Waals surface area contributed by atoms with Gasteiger partial charge in [-0.3, -0.25) is 9.48 Å². The number of ether oxygens (including phenoxy) is 1. The van der Waals surface area contributed by atoms with Gasteiger partial charge >= 0.3 is 0 Å². The number of aryl methyl sites for hydroxylation is 1. The Hall–Kier alpha value is -3.57. The van der Waals surface area contributed by atoms with E-state index in [1.165, 1.54) is 0 Å². The SMILES string of the molecule is CC(N)C(CC1CC1)=Nc1nc(Nc2ccc3c(c2)c(N2CCOCC2)nn3C)c(C(N)=O)cc1F. The van der Waals surface area contributed by atoms with E-state index in [2.05, 4.69) is 20.2 Å². The quantitative estimate of drug-likeness (QED) is 0.410. The van der Waals surface area contributed by atoms with Gasteiger partial charge in [0.1, 0.15) is 5.82 Å². The normalized spacial score (nSPS) is 17.4. The Balaban J connectivity index is 1.52. The highest BCUT2D eigenvalue weighted by atomic mass is 19.1. The number of nitrogens with two attached hydrogens (primary N) is 2. The van der Waals surface area contributed by atoms with Crippen LogP contribution in [0.25, 0.3) is 10.9 Å². The Morgan fingerprint density at radius 1 is 1.31 bits per heavy atom. The molecule has 1 aliphatic heterocycles. The molecule has 5 N–H and O–H groups in total. The van der Waals surface area contributed by atoms with E-state index in [1.54, 1.807) is 0 Å². The lowest BCUT2D eigenvalue weighted by molar-refractivity contribution is 0.100. The molecule has 1 aliphatic carbocycles. The van der Waals surface area contributed by atoms with E-state index in [1.807, 2.05) is 36.9 Å². The second-order valence-electron chi connectivity index (χ2n) is 9.50. The molecule has 11 heteroatoms. The molecule has 36 heavy (non-hydrogen) atoms. The molecule has 190 valence electrons. The molecular formula is C25H31FN8O2. The largest absolute Gasteiger partial charge is 0.378 e. The molecule has 1 atom stereocenters. The van der Waals surface area contributed by atoms with Gasteiger partial charge in [0.25, 0.3) is 5.91 Å². The van der Waals surface area contributed by atoms with Crippen LogP contribution in [-0.2, 0) is 11.8 Å². The summed E-state index contributed by atoms with van der Waals surface area (Å²) in [5.41, 5.74) is 13.9. The van der Waals surface area contributed by atoms with Gasteiger partial charge in [0, 0.05) is 43.0 Å². The number of nitrogens with zero attached hydrogens (tertiary/aromatic N) is 5. The standard InChI is InChI=1S/C25H31FN8O2/c1-14(27)20(11-15-3-4-15)30-24-19(26)13-18(22(28)35)23(31-24)29-16-5-6-21-17(12-16)25(32-33(21)2)34-7-9-36-10-8-34/h5-6,12-15H,3-4,7-11,27H2,1-2H3,(H2,28,35)(H,29,31). The summed E-state index contributed by atoms with van der Waals surface area (Å²) in [5.74, 6) is -0.108. The first-order valence-electron chi connectivity index (χ1n) is 12.2. The monoisotopic (exact) mass is 494 g/mol. The minimum atomic E-state index is -0.790. The van der Waals surface area contributed by atoms with Gasteiger partial charge < -0.3 is 26.4 Å². The number of amides is 1. The molecule has 0 spiro atoms. The molecular weight excluding hydrogens is 463 g/mol. The highest BCUT2D eigenvalue weighted by Gasteiger charge is 2.25. The van der Waals surface area contributed by atoms with Gasteiger partial charge in [0.05, 0.1) is 24.3 Å². The fraction of sp³-hybridized carbons (Fsp3) is 0.440. The van der Waals surface area contributed by atoms with Crippen LogP contribution in [0.1, 0.15) is 36.5 Å². The van der Waals surface area contributed by atoms with Crippen molar-refractivity contribution in [3.63, 3.8) is 0 Å². The van der Waals surface area contributed by atoms with E-state index < -0.39 is 11.7 Å². The Morgan fingerprint density at radius 2 is 2.06 bits per heavy atom. The Morgan fingerprint density at radius 3 is 2.72 bits per heavy atom. The summed E-state index contributed by atoms with van der Waals surface area (Å²) in [6.45, 7) is 4.61. The number of pyridine rings is 1. The number of aliphatic imine (C=N–C) groups is 1. The van der Waals surface area contributed by atoms with E-state index in [0.29, 0.717) is 37.0 Å². The third-order valence-electron chi connectivity index (χ3n) is 6.60. The fourth-order valence-electron chi connectivity index (χ4n) is 4.40. The summed E-state index contributed by atoms with van der Waals surface area (Å²) in [4.78, 5) is 23.1. The zero-order valence-corrected chi connectivity index (χ0v) is 20.5. The number of hydrogen-bond donors (Lipinski definition) is 3. The van der Waals surface area contributed by atoms with Crippen LogP contribution in [-0.4, -0.2) is 58.7 Å². The third-order valence-corrected chi connectivity index (χ3v) is 6.60. The van der Waals surface area contributed by atoms with Crippen molar-refractivity contribution >= 4 is 45.7 Å². The zero-order valence-electron chi connectivity index (χ0n) is 20.5. The van der Waals surface area contributed by atoms with Crippen LogP contribution in [0, 0.1) is 11.7 Å². The number of benzene rings is 1. The summed E-state index contributed by atoms with van der Waals surface area (Å²) in [7, 11) is 1.90.